The number of amides is 2. The molecule has 0 saturated carbocycles. The van der Waals surface area contributed by atoms with Crippen molar-refractivity contribution in [2.75, 3.05) is 26.7 Å². The van der Waals surface area contributed by atoms with Crippen LogP contribution in [-0.4, -0.2) is 75.6 Å². The van der Waals surface area contributed by atoms with Gasteiger partial charge in [-0.15, -0.1) is 0 Å². The minimum absolute atomic E-state index is 0.0700. The van der Waals surface area contributed by atoms with Gasteiger partial charge in [0, 0.05) is 66.2 Å². The van der Waals surface area contributed by atoms with Crippen LogP contribution in [0.3, 0.4) is 0 Å². The van der Waals surface area contributed by atoms with Crippen LogP contribution in [-0.2, 0) is 11.3 Å². The number of fused-ring (bicyclic) bond motifs is 1. The highest BCUT2D eigenvalue weighted by molar-refractivity contribution is 6.01. The van der Waals surface area contributed by atoms with Crippen molar-refractivity contribution in [3.8, 4) is 17.0 Å². The Kier molecular flexibility index (Phi) is 7.40. The number of ether oxygens (including phenoxy) is 1. The van der Waals surface area contributed by atoms with Gasteiger partial charge in [0.15, 0.2) is 0 Å². The molecule has 4 aromatic rings. The summed E-state index contributed by atoms with van der Waals surface area (Å²) in [5.41, 5.74) is 4.33. The molecule has 0 radical (unpaired) electrons. The van der Waals surface area contributed by atoms with Crippen LogP contribution in [0.1, 0.15) is 40.9 Å². The number of benzene rings is 2. The first-order chi connectivity index (χ1) is 19.9. The van der Waals surface area contributed by atoms with E-state index in [1.165, 1.54) is 13.2 Å². The third kappa shape index (κ3) is 5.39. The lowest BCUT2D eigenvalue weighted by Crippen LogP contribution is -2.58. The lowest BCUT2D eigenvalue weighted by atomic mass is 9.94. The molecular weight excluding hydrogens is 523 g/mol. The summed E-state index contributed by atoms with van der Waals surface area (Å²) in [6.45, 7) is 4.06. The summed E-state index contributed by atoms with van der Waals surface area (Å²) in [6, 6.07) is 13.5. The van der Waals surface area contributed by atoms with Crippen molar-refractivity contribution in [2.45, 2.75) is 44.8 Å². The summed E-state index contributed by atoms with van der Waals surface area (Å²) < 4.78 is 20.3. The van der Waals surface area contributed by atoms with Gasteiger partial charge in [0.2, 0.25) is 5.91 Å². The Morgan fingerprint density at radius 1 is 1.15 bits per heavy atom. The monoisotopic (exact) mass is 556 g/mol. The average molecular weight is 557 g/mol. The molecule has 2 atom stereocenters. The highest BCUT2D eigenvalue weighted by atomic mass is 19.1. The van der Waals surface area contributed by atoms with E-state index in [0.29, 0.717) is 36.3 Å². The van der Waals surface area contributed by atoms with Crippen LogP contribution in [0.2, 0.25) is 0 Å². The number of aromatic amines is 1. The maximum absolute atomic E-state index is 14.9. The fourth-order valence-electron chi connectivity index (χ4n) is 5.79. The highest BCUT2D eigenvalue weighted by Crippen LogP contribution is 2.30. The van der Waals surface area contributed by atoms with E-state index < -0.39 is 0 Å². The molecule has 41 heavy (non-hydrogen) atoms. The molecule has 2 fully saturated rings. The van der Waals surface area contributed by atoms with Crippen molar-refractivity contribution in [1.82, 2.24) is 30.3 Å². The molecule has 0 spiro atoms. The van der Waals surface area contributed by atoms with Gasteiger partial charge in [-0.05, 0) is 68.7 Å². The molecule has 2 amide bonds. The Hall–Kier alpha value is -4.31. The van der Waals surface area contributed by atoms with Crippen LogP contribution < -0.4 is 10.1 Å². The molecule has 0 bridgehead atoms. The number of pyridine rings is 1. The molecule has 4 heterocycles. The number of methoxy groups -OCH3 is 1. The summed E-state index contributed by atoms with van der Waals surface area (Å²) in [5.74, 6) is -0.0642. The number of nitrogens with zero attached hydrogens (tertiary/aromatic N) is 4. The third-order valence-electron chi connectivity index (χ3n) is 8.12. The van der Waals surface area contributed by atoms with Crippen molar-refractivity contribution in [3.63, 3.8) is 0 Å². The molecule has 0 unspecified atom stereocenters. The molecule has 2 aromatic carbocycles. The van der Waals surface area contributed by atoms with Crippen LogP contribution in [0.15, 0.2) is 54.7 Å². The number of likely N-dealkylation sites (tertiary alicyclic amines) is 2. The Morgan fingerprint density at radius 2 is 2.00 bits per heavy atom. The molecule has 0 aliphatic carbocycles. The maximum atomic E-state index is 14.9. The predicted molar refractivity (Wildman–Crippen MR) is 153 cm³/mol. The Balaban J connectivity index is 1.22. The number of piperidine rings is 1. The molecule has 2 N–H and O–H groups in total. The number of carbonyl (C=O) groups excluding carboxylic acids is 2. The largest absolute Gasteiger partial charge is 0.496 e. The van der Waals surface area contributed by atoms with E-state index in [9.17, 15) is 14.0 Å². The van der Waals surface area contributed by atoms with Gasteiger partial charge in [-0.1, -0.05) is 6.07 Å². The minimum Gasteiger partial charge on any atom is -0.496 e. The fraction of sp³-hybridized carbons (Fsp3) is 0.355. The van der Waals surface area contributed by atoms with Crippen molar-refractivity contribution in [1.29, 1.82) is 0 Å². The molecule has 6 rings (SSSR count). The second-order valence-corrected chi connectivity index (χ2v) is 10.8. The van der Waals surface area contributed by atoms with Crippen molar-refractivity contribution < 1.29 is 18.7 Å². The van der Waals surface area contributed by atoms with Crippen molar-refractivity contribution in [3.05, 3.63) is 77.4 Å². The first-order valence-electron chi connectivity index (χ1n) is 14.0. The predicted octanol–water partition coefficient (Wildman–Crippen LogP) is 4.08. The zero-order chi connectivity index (χ0) is 28.5. The van der Waals surface area contributed by atoms with Crippen LogP contribution in [0.4, 0.5) is 4.39 Å². The van der Waals surface area contributed by atoms with Crippen molar-refractivity contribution >= 4 is 22.7 Å². The molecule has 10 heteroatoms. The lowest BCUT2D eigenvalue weighted by Gasteiger charge is -2.43. The zero-order valence-corrected chi connectivity index (χ0v) is 23.2. The van der Waals surface area contributed by atoms with E-state index in [1.54, 1.807) is 24.4 Å². The molecule has 2 aromatic heterocycles. The normalized spacial score (nSPS) is 19.1. The fourth-order valence-corrected chi connectivity index (χ4v) is 5.79. The number of hydrogen-bond acceptors (Lipinski definition) is 6. The van der Waals surface area contributed by atoms with Crippen LogP contribution in [0.25, 0.3) is 22.2 Å². The van der Waals surface area contributed by atoms with E-state index in [1.807, 2.05) is 41.0 Å². The topological polar surface area (TPSA) is 103 Å². The summed E-state index contributed by atoms with van der Waals surface area (Å²) in [5, 5.41) is 11.5. The summed E-state index contributed by atoms with van der Waals surface area (Å²) in [6.07, 6.45) is 3.97. The van der Waals surface area contributed by atoms with Crippen LogP contribution in [0, 0.1) is 12.7 Å². The van der Waals surface area contributed by atoms with Gasteiger partial charge < -0.3 is 15.0 Å². The number of carbonyl (C=O) groups is 2. The van der Waals surface area contributed by atoms with Gasteiger partial charge >= 0.3 is 0 Å². The summed E-state index contributed by atoms with van der Waals surface area (Å²) in [7, 11) is 1.51. The smallest absolute Gasteiger partial charge is 0.251 e. The van der Waals surface area contributed by atoms with Crippen LogP contribution >= 0.6 is 0 Å². The SMILES string of the molecule is COc1cccc(F)c1CN1C[C@H](NC(=O)c2ccc3[nH]nc(-c4ccnc(C)c4)c3c2)CC[C@H]1C(=O)N1CCC1. The standard InChI is InChI=1S/C31H33FN6O3/c1-19-15-20(11-12-33-19)29-23-16-21(7-9-26(23)35-36-29)30(39)34-22-8-10-27(31(40)37-13-4-14-37)38(17-22)18-24-25(32)5-3-6-28(24)41-2/h3,5-7,9,11-12,15-16,22,27H,4,8,10,13-14,17-18H2,1-2H3,(H,34,39)(H,35,36)/t22-,27+/m1/s1. The van der Waals surface area contributed by atoms with E-state index in [4.69, 9.17) is 4.74 Å². The average Bonchev–Trinajstić information content (AvgIpc) is 3.37. The number of halogens is 1. The second-order valence-electron chi connectivity index (χ2n) is 10.8. The first-order valence-corrected chi connectivity index (χ1v) is 14.0. The number of H-pyrrole nitrogens is 1. The number of aryl methyl sites for hydroxylation is 1. The molecule has 2 saturated heterocycles. The number of hydrogen-bond donors (Lipinski definition) is 2. The molecule has 9 nitrogen and oxygen atoms in total. The Bertz CT molecular complexity index is 1600. The van der Waals surface area contributed by atoms with Gasteiger partial charge in [-0.3, -0.25) is 24.6 Å². The number of nitrogens with one attached hydrogen (secondary N) is 2. The summed E-state index contributed by atoms with van der Waals surface area (Å²) in [4.78, 5) is 34.9. The van der Waals surface area contributed by atoms with Gasteiger partial charge in [0.05, 0.1) is 18.7 Å². The highest BCUT2D eigenvalue weighted by Gasteiger charge is 2.38. The lowest BCUT2D eigenvalue weighted by molar-refractivity contribution is -0.142. The van der Waals surface area contributed by atoms with Crippen molar-refractivity contribution in [2.24, 2.45) is 0 Å². The Morgan fingerprint density at radius 3 is 2.76 bits per heavy atom. The quantitative estimate of drug-likeness (QED) is 0.356. The maximum Gasteiger partial charge on any atom is 0.251 e. The zero-order valence-electron chi connectivity index (χ0n) is 23.2. The molecule has 212 valence electrons. The second kappa shape index (κ2) is 11.3. The summed E-state index contributed by atoms with van der Waals surface area (Å²) >= 11 is 0. The third-order valence-corrected chi connectivity index (χ3v) is 8.12. The van der Waals surface area contributed by atoms with E-state index in [2.05, 4.69) is 20.5 Å². The van der Waals surface area contributed by atoms with Gasteiger partial charge in [0.1, 0.15) is 17.3 Å². The van der Waals surface area contributed by atoms with Gasteiger partial charge in [0.25, 0.3) is 5.91 Å². The number of rotatable bonds is 7. The first kappa shape index (κ1) is 26.9. The molecular formula is C31H33FN6O3. The van der Waals surface area contributed by atoms with Gasteiger partial charge in [-0.2, -0.15) is 5.10 Å². The molecule has 2 aliphatic rings. The van der Waals surface area contributed by atoms with E-state index in [-0.39, 0.29) is 36.3 Å². The number of aromatic nitrogens is 3. The van der Waals surface area contributed by atoms with Gasteiger partial charge in [-0.25, -0.2) is 4.39 Å². The minimum atomic E-state index is -0.376. The van der Waals surface area contributed by atoms with E-state index in [0.717, 1.165) is 47.4 Å². The molecule has 2 aliphatic heterocycles. The Labute approximate surface area is 237 Å². The van der Waals surface area contributed by atoms with Crippen LogP contribution in [0.5, 0.6) is 5.75 Å². The van der Waals surface area contributed by atoms with E-state index >= 15 is 0 Å².